The van der Waals surface area contributed by atoms with Gasteiger partial charge in [0.2, 0.25) is 0 Å². The van der Waals surface area contributed by atoms with E-state index in [1.54, 1.807) is 0 Å². The lowest BCUT2D eigenvalue weighted by molar-refractivity contribution is 0.288. The lowest BCUT2D eigenvalue weighted by Crippen LogP contribution is -2.32. The summed E-state index contributed by atoms with van der Waals surface area (Å²) in [6.45, 7) is 11.9. The third kappa shape index (κ3) is 5.14. The van der Waals surface area contributed by atoms with Gasteiger partial charge in [-0.25, -0.2) is 0 Å². The molecule has 0 aliphatic rings. The number of nitrogens with zero attached hydrogens (tertiary/aromatic N) is 1. The van der Waals surface area contributed by atoms with Gasteiger partial charge in [-0.05, 0) is 63.4 Å². The number of aliphatic hydroxyl groups excluding tert-OH is 1. The molecule has 1 aromatic carbocycles. The molecule has 0 heterocycles. The molecule has 3 nitrogen and oxygen atoms in total. The molecule has 0 aromatic heterocycles. The Morgan fingerprint density at radius 1 is 1.30 bits per heavy atom. The molecule has 0 fully saturated rings. The first kappa shape index (κ1) is 17.0. The molecule has 0 unspecified atom stereocenters. The van der Waals surface area contributed by atoms with Crippen LogP contribution in [0, 0.1) is 6.92 Å². The summed E-state index contributed by atoms with van der Waals surface area (Å²) in [7, 11) is 0. The molecule has 0 saturated carbocycles. The van der Waals surface area contributed by atoms with Crippen molar-refractivity contribution >= 4 is 5.69 Å². The minimum absolute atomic E-state index is 0.251. The van der Waals surface area contributed by atoms with E-state index in [1.807, 2.05) is 0 Å². The zero-order valence-electron chi connectivity index (χ0n) is 13.4. The molecular weight excluding hydrogens is 248 g/mol. The van der Waals surface area contributed by atoms with Crippen molar-refractivity contribution in [3.05, 3.63) is 29.3 Å². The Kier molecular flexibility index (Phi) is 7.63. The summed E-state index contributed by atoms with van der Waals surface area (Å²) in [5.41, 5.74) is 3.96. The van der Waals surface area contributed by atoms with Crippen molar-refractivity contribution in [1.82, 2.24) is 5.32 Å². The SMILES string of the molecule is CCCNCc1ccc(N(CCCO)C(C)C)cc1C. The number of aryl methyl sites for hydroxylation is 1. The van der Waals surface area contributed by atoms with E-state index in [2.05, 4.69) is 56.1 Å². The minimum atomic E-state index is 0.251. The topological polar surface area (TPSA) is 35.5 Å². The van der Waals surface area contributed by atoms with Gasteiger partial charge in [-0.3, -0.25) is 0 Å². The van der Waals surface area contributed by atoms with E-state index in [1.165, 1.54) is 23.2 Å². The second-order valence-electron chi connectivity index (χ2n) is 5.65. The van der Waals surface area contributed by atoms with E-state index < -0.39 is 0 Å². The van der Waals surface area contributed by atoms with E-state index in [-0.39, 0.29) is 6.61 Å². The van der Waals surface area contributed by atoms with Gasteiger partial charge in [0.15, 0.2) is 0 Å². The van der Waals surface area contributed by atoms with Crippen molar-refractivity contribution in [2.75, 3.05) is 24.6 Å². The van der Waals surface area contributed by atoms with Crippen LogP contribution in [0.25, 0.3) is 0 Å². The highest BCUT2D eigenvalue weighted by atomic mass is 16.3. The first-order chi connectivity index (χ1) is 9.60. The zero-order chi connectivity index (χ0) is 15.0. The molecule has 20 heavy (non-hydrogen) atoms. The van der Waals surface area contributed by atoms with Crippen LogP contribution in [0.2, 0.25) is 0 Å². The third-order valence-corrected chi connectivity index (χ3v) is 3.58. The highest BCUT2D eigenvalue weighted by molar-refractivity contribution is 5.51. The highest BCUT2D eigenvalue weighted by Crippen LogP contribution is 2.21. The summed E-state index contributed by atoms with van der Waals surface area (Å²) in [6, 6.07) is 7.14. The molecule has 0 aliphatic carbocycles. The van der Waals surface area contributed by atoms with Crippen LogP contribution < -0.4 is 10.2 Å². The number of anilines is 1. The Morgan fingerprint density at radius 2 is 2.05 bits per heavy atom. The Hall–Kier alpha value is -1.06. The van der Waals surface area contributed by atoms with Gasteiger partial charge in [-0.1, -0.05) is 13.0 Å². The van der Waals surface area contributed by atoms with Crippen molar-refractivity contribution < 1.29 is 5.11 Å². The maximum absolute atomic E-state index is 9.03. The van der Waals surface area contributed by atoms with Crippen molar-refractivity contribution in [2.45, 2.75) is 53.1 Å². The molecule has 1 rings (SSSR count). The fraction of sp³-hybridized carbons (Fsp3) is 0.647. The number of rotatable bonds is 9. The van der Waals surface area contributed by atoms with Gasteiger partial charge < -0.3 is 15.3 Å². The third-order valence-electron chi connectivity index (χ3n) is 3.58. The molecule has 0 atom stereocenters. The summed E-state index contributed by atoms with van der Waals surface area (Å²) >= 11 is 0. The Balaban J connectivity index is 2.77. The van der Waals surface area contributed by atoms with E-state index in [4.69, 9.17) is 5.11 Å². The fourth-order valence-corrected chi connectivity index (χ4v) is 2.38. The average molecular weight is 278 g/mol. The molecule has 1 aromatic rings. The maximum Gasteiger partial charge on any atom is 0.0447 e. The summed E-state index contributed by atoms with van der Waals surface area (Å²) in [6.07, 6.45) is 1.98. The molecular formula is C17H30N2O. The average Bonchev–Trinajstić information content (AvgIpc) is 2.41. The molecule has 2 N–H and O–H groups in total. The Bertz CT molecular complexity index is 391. The minimum Gasteiger partial charge on any atom is -0.396 e. The summed E-state index contributed by atoms with van der Waals surface area (Å²) in [4.78, 5) is 2.35. The molecule has 0 amide bonds. The highest BCUT2D eigenvalue weighted by Gasteiger charge is 2.11. The Morgan fingerprint density at radius 3 is 2.60 bits per heavy atom. The molecule has 0 spiro atoms. The van der Waals surface area contributed by atoms with Gasteiger partial charge >= 0.3 is 0 Å². The van der Waals surface area contributed by atoms with Crippen LogP contribution in [0.4, 0.5) is 5.69 Å². The number of hydrogen-bond acceptors (Lipinski definition) is 3. The molecule has 3 heteroatoms. The number of aliphatic hydroxyl groups is 1. The van der Waals surface area contributed by atoms with Gasteiger partial charge in [-0.15, -0.1) is 0 Å². The summed E-state index contributed by atoms with van der Waals surface area (Å²) in [5, 5.41) is 12.5. The van der Waals surface area contributed by atoms with Gasteiger partial charge in [0, 0.05) is 31.4 Å². The van der Waals surface area contributed by atoms with Crippen molar-refractivity contribution in [3.63, 3.8) is 0 Å². The van der Waals surface area contributed by atoms with Crippen LogP contribution in [0.1, 0.15) is 44.7 Å². The number of benzene rings is 1. The van der Waals surface area contributed by atoms with E-state index in [9.17, 15) is 0 Å². The maximum atomic E-state index is 9.03. The van der Waals surface area contributed by atoms with E-state index in [0.717, 1.165) is 26.1 Å². The number of hydrogen-bond donors (Lipinski definition) is 2. The van der Waals surface area contributed by atoms with Crippen LogP contribution in [0.15, 0.2) is 18.2 Å². The van der Waals surface area contributed by atoms with E-state index in [0.29, 0.717) is 6.04 Å². The van der Waals surface area contributed by atoms with Crippen molar-refractivity contribution in [3.8, 4) is 0 Å². The second kappa shape index (κ2) is 8.98. The van der Waals surface area contributed by atoms with E-state index >= 15 is 0 Å². The lowest BCUT2D eigenvalue weighted by Gasteiger charge is -2.29. The summed E-state index contributed by atoms with van der Waals surface area (Å²) in [5.74, 6) is 0. The van der Waals surface area contributed by atoms with Gasteiger partial charge in [-0.2, -0.15) is 0 Å². The van der Waals surface area contributed by atoms with Crippen LogP contribution >= 0.6 is 0 Å². The quantitative estimate of drug-likeness (QED) is 0.681. The van der Waals surface area contributed by atoms with Crippen LogP contribution in [0.5, 0.6) is 0 Å². The second-order valence-corrected chi connectivity index (χ2v) is 5.65. The van der Waals surface area contributed by atoms with Crippen LogP contribution in [-0.2, 0) is 6.54 Å². The Labute approximate surface area is 124 Å². The molecule has 0 aliphatic heterocycles. The first-order valence-corrected chi connectivity index (χ1v) is 7.77. The largest absolute Gasteiger partial charge is 0.396 e. The predicted octanol–water partition coefficient (Wildman–Crippen LogP) is 3.09. The fourth-order valence-electron chi connectivity index (χ4n) is 2.38. The number of nitrogens with one attached hydrogen (secondary N) is 1. The van der Waals surface area contributed by atoms with Crippen LogP contribution in [-0.4, -0.2) is 30.8 Å². The molecule has 114 valence electrons. The van der Waals surface area contributed by atoms with Crippen molar-refractivity contribution in [1.29, 1.82) is 0 Å². The molecule has 0 bridgehead atoms. The monoisotopic (exact) mass is 278 g/mol. The standard InChI is InChI=1S/C17H30N2O/c1-5-9-18-13-16-7-8-17(12-15(16)4)19(14(2)3)10-6-11-20/h7-8,12,14,18,20H,5-6,9-11,13H2,1-4H3. The van der Waals surface area contributed by atoms with Crippen molar-refractivity contribution in [2.24, 2.45) is 0 Å². The summed E-state index contributed by atoms with van der Waals surface area (Å²) < 4.78 is 0. The lowest BCUT2D eigenvalue weighted by atomic mass is 10.1. The molecule has 0 radical (unpaired) electrons. The van der Waals surface area contributed by atoms with Crippen LogP contribution in [0.3, 0.4) is 0 Å². The molecule has 0 saturated heterocycles. The smallest absolute Gasteiger partial charge is 0.0447 e. The normalized spacial score (nSPS) is 11.1. The first-order valence-electron chi connectivity index (χ1n) is 7.77. The zero-order valence-corrected chi connectivity index (χ0v) is 13.4. The van der Waals surface area contributed by atoms with Gasteiger partial charge in [0.05, 0.1) is 0 Å². The predicted molar refractivity (Wildman–Crippen MR) is 87.4 cm³/mol. The van der Waals surface area contributed by atoms with Gasteiger partial charge in [0.25, 0.3) is 0 Å². The van der Waals surface area contributed by atoms with Gasteiger partial charge in [0.1, 0.15) is 0 Å².